The van der Waals surface area contributed by atoms with Crippen molar-refractivity contribution in [2.24, 2.45) is 0 Å². The first-order valence-corrected chi connectivity index (χ1v) is 9.26. The van der Waals surface area contributed by atoms with E-state index in [1.807, 2.05) is 13.8 Å². The zero-order valence-corrected chi connectivity index (χ0v) is 16.1. The summed E-state index contributed by atoms with van der Waals surface area (Å²) in [4.78, 5) is 39.1. The number of oxazole rings is 1. The Hall–Kier alpha value is -3.35. The lowest BCUT2D eigenvalue weighted by molar-refractivity contribution is -0.118. The van der Waals surface area contributed by atoms with Crippen molar-refractivity contribution in [2.75, 3.05) is 18.4 Å². The van der Waals surface area contributed by atoms with Crippen LogP contribution in [-0.4, -0.2) is 34.4 Å². The molecule has 0 spiro atoms. The molecule has 1 N–H and O–H groups in total. The Morgan fingerprint density at radius 1 is 1.11 bits per heavy atom. The smallest absolute Gasteiger partial charge is 0.408 e. The van der Waals surface area contributed by atoms with Crippen molar-refractivity contribution < 1.29 is 14.0 Å². The highest BCUT2D eigenvalue weighted by molar-refractivity contribution is 5.98. The Labute approximate surface area is 162 Å². The standard InChI is InChI=1S/C21H23N3O4/c1-4-23(5-2)20(26)15-9-8-10-16(13-15)22-19(25)14(3)24-17-11-6-7-12-18(17)28-21(24)27/h6-14H,4-5H2,1-3H3,(H,22,25). The van der Waals surface area contributed by atoms with Gasteiger partial charge in [0.15, 0.2) is 5.58 Å². The van der Waals surface area contributed by atoms with Gasteiger partial charge < -0.3 is 14.6 Å². The van der Waals surface area contributed by atoms with Gasteiger partial charge >= 0.3 is 5.76 Å². The molecule has 0 bridgehead atoms. The minimum absolute atomic E-state index is 0.0915. The summed E-state index contributed by atoms with van der Waals surface area (Å²) in [6.07, 6.45) is 0. The zero-order chi connectivity index (χ0) is 20.3. The van der Waals surface area contributed by atoms with Gasteiger partial charge in [0.2, 0.25) is 5.91 Å². The van der Waals surface area contributed by atoms with E-state index < -0.39 is 11.8 Å². The number of aromatic nitrogens is 1. The summed E-state index contributed by atoms with van der Waals surface area (Å²) in [7, 11) is 0. The largest absolute Gasteiger partial charge is 0.420 e. The number of carbonyl (C=O) groups excluding carboxylic acids is 2. The second-order valence-corrected chi connectivity index (χ2v) is 6.43. The molecule has 3 aromatic rings. The minimum atomic E-state index is -0.779. The molecule has 146 valence electrons. The number of carbonyl (C=O) groups is 2. The monoisotopic (exact) mass is 381 g/mol. The molecule has 2 amide bonds. The summed E-state index contributed by atoms with van der Waals surface area (Å²) in [5.41, 5.74) is 1.98. The molecule has 1 unspecified atom stereocenters. The molecule has 1 atom stereocenters. The van der Waals surface area contributed by atoms with Gasteiger partial charge in [0.25, 0.3) is 5.91 Å². The van der Waals surface area contributed by atoms with Crippen molar-refractivity contribution in [3.05, 3.63) is 64.6 Å². The Bertz CT molecular complexity index is 1060. The van der Waals surface area contributed by atoms with Crippen LogP contribution in [0.1, 0.15) is 37.2 Å². The summed E-state index contributed by atoms with van der Waals surface area (Å²) in [6, 6.07) is 13.0. The molecule has 7 heteroatoms. The van der Waals surface area contributed by atoms with Crippen molar-refractivity contribution in [1.29, 1.82) is 0 Å². The van der Waals surface area contributed by atoms with Crippen LogP contribution in [0.2, 0.25) is 0 Å². The fourth-order valence-electron chi connectivity index (χ4n) is 3.14. The number of anilines is 1. The molecule has 0 saturated heterocycles. The highest BCUT2D eigenvalue weighted by atomic mass is 16.4. The lowest BCUT2D eigenvalue weighted by Gasteiger charge is -2.19. The quantitative estimate of drug-likeness (QED) is 0.710. The number of amides is 2. The molecule has 28 heavy (non-hydrogen) atoms. The average Bonchev–Trinajstić information content (AvgIpc) is 3.04. The maximum absolute atomic E-state index is 12.7. The SMILES string of the molecule is CCN(CC)C(=O)c1cccc(NC(=O)C(C)n2c(=O)oc3ccccc32)c1. The van der Waals surface area contributed by atoms with Crippen LogP contribution in [0.15, 0.2) is 57.7 Å². The second kappa shape index (κ2) is 8.12. The van der Waals surface area contributed by atoms with Crippen LogP contribution in [0.4, 0.5) is 5.69 Å². The van der Waals surface area contributed by atoms with E-state index in [4.69, 9.17) is 4.42 Å². The van der Waals surface area contributed by atoms with Crippen molar-refractivity contribution in [3.63, 3.8) is 0 Å². The van der Waals surface area contributed by atoms with E-state index in [1.54, 1.807) is 60.4 Å². The molecule has 0 aliphatic rings. The van der Waals surface area contributed by atoms with Crippen LogP contribution in [0, 0.1) is 0 Å². The first-order chi connectivity index (χ1) is 13.5. The molecular weight excluding hydrogens is 358 g/mol. The van der Waals surface area contributed by atoms with Crippen LogP contribution in [0.5, 0.6) is 0 Å². The highest BCUT2D eigenvalue weighted by Crippen LogP contribution is 2.19. The van der Waals surface area contributed by atoms with Gasteiger partial charge in [0, 0.05) is 24.3 Å². The first kappa shape index (κ1) is 19.4. The minimum Gasteiger partial charge on any atom is -0.408 e. The Morgan fingerprint density at radius 2 is 1.82 bits per heavy atom. The van der Waals surface area contributed by atoms with Crippen molar-refractivity contribution in [2.45, 2.75) is 26.8 Å². The fourth-order valence-corrected chi connectivity index (χ4v) is 3.14. The third kappa shape index (κ3) is 3.69. The van der Waals surface area contributed by atoms with E-state index in [0.717, 1.165) is 0 Å². The Kier molecular flexibility index (Phi) is 5.63. The number of rotatable bonds is 6. The van der Waals surface area contributed by atoms with Gasteiger partial charge in [-0.2, -0.15) is 0 Å². The predicted molar refractivity (Wildman–Crippen MR) is 108 cm³/mol. The van der Waals surface area contributed by atoms with Crippen LogP contribution in [-0.2, 0) is 4.79 Å². The normalized spacial score (nSPS) is 12.0. The van der Waals surface area contributed by atoms with Crippen LogP contribution in [0.25, 0.3) is 11.1 Å². The van der Waals surface area contributed by atoms with Gasteiger partial charge in [-0.3, -0.25) is 14.2 Å². The van der Waals surface area contributed by atoms with Gasteiger partial charge in [-0.15, -0.1) is 0 Å². The maximum atomic E-state index is 12.7. The van der Waals surface area contributed by atoms with Gasteiger partial charge in [-0.05, 0) is 51.1 Å². The van der Waals surface area contributed by atoms with E-state index in [-0.39, 0.29) is 11.8 Å². The molecule has 3 rings (SSSR count). The fraction of sp³-hybridized carbons (Fsp3) is 0.286. The Balaban J connectivity index is 1.83. The van der Waals surface area contributed by atoms with Crippen LogP contribution < -0.4 is 11.1 Å². The molecule has 0 aliphatic heterocycles. The van der Waals surface area contributed by atoms with Gasteiger partial charge in [-0.25, -0.2) is 4.79 Å². The van der Waals surface area contributed by atoms with E-state index in [1.165, 1.54) is 4.57 Å². The number of nitrogens with one attached hydrogen (secondary N) is 1. The summed E-state index contributed by atoms with van der Waals surface area (Å²) in [5.74, 6) is -1.05. The second-order valence-electron chi connectivity index (χ2n) is 6.43. The van der Waals surface area contributed by atoms with Crippen molar-refractivity contribution in [1.82, 2.24) is 9.47 Å². The lowest BCUT2D eigenvalue weighted by atomic mass is 10.1. The third-order valence-electron chi connectivity index (χ3n) is 4.71. The molecule has 0 radical (unpaired) electrons. The molecule has 2 aromatic carbocycles. The number of benzene rings is 2. The molecular formula is C21H23N3O4. The van der Waals surface area contributed by atoms with Gasteiger partial charge in [0.1, 0.15) is 6.04 Å². The number of nitrogens with zero attached hydrogens (tertiary/aromatic N) is 2. The third-order valence-corrected chi connectivity index (χ3v) is 4.71. The van der Waals surface area contributed by atoms with E-state index in [2.05, 4.69) is 5.32 Å². The van der Waals surface area contributed by atoms with Gasteiger partial charge in [-0.1, -0.05) is 18.2 Å². The summed E-state index contributed by atoms with van der Waals surface area (Å²) >= 11 is 0. The highest BCUT2D eigenvalue weighted by Gasteiger charge is 2.22. The number of para-hydroxylation sites is 2. The molecule has 7 nitrogen and oxygen atoms in total. The van der Waals surface area contributed by atoms with Gasteiger partial charge in [0.05, 0.1) is 5.52 Å². The molecule has 1 aromatic heterocycles. The van der Waals surface area contributed by atoms with Crippen molar-refractivity contribution >= 4 is 28.6 Å². The molecule has 0 fully saturated rings. The number of fused-ring (bicyclic) bond motifs is 1. The molecule has 0 aliphatic carbocycles. The van der Waals surface area contributed by atoms with E-state index in [9.17, 15) is 14.4 Å². The topological polar surface area (TPSA) is 84.5 Å². The first-order valence-electron chi connectivity index (χ1n) is 9.26. The number of hydrogen-bond donors (Lipinski definition) is 1. The molecule has 0 saturated carbocycles. The molecule has 1 heterocycles. The summed E-state index contributed by atoms with van der Waals surface area (Å²) < 4.78 is 6.51. The average molecular weight is 381 g/mol. The van der Waals surface area contributed by atoms with E-state index >= 15 is 0 Å². The van der Waals surface area contributed by atoms with Crippen LogP contribution in [0.3, 0.4) is 0 Å². The summed E-state index contributed by atoms with van der Waals surface area (Å²) in [6.45, 7) is 6.69. The maximum Gasteiger partial charge on any atom is 0.420 e. The predicted octanol–water partition coefficient (Wildman–Crippen LogP) is 3.28. The van der Waals surface area contributed by atoms with Crippen molar-refractivity contribution in [3.8, 4) is 0 Å². The number of hydrogen-bond acceptors (Lipinski definition) is 4. The Morgan fingerprint density at radius 3 is 2.54 bits per heavy atom. The van der Waals surface area contributed by atoms with E-state index in [0.29, 0.717) is 35.4 Å². The van der Waals surface area contributed by atoms with Crippen LogP contribution >= 0.6 is 0 Å². The zero-order valence-electron chi connectivity index (χ0n) is 16.1. The lowest BCUT2D eigenvalue weighted by Crippen LogP contribution is -2.31. The summed E-state index contributed by atoms with van der Waals surface area (Å²) in [5, 5.41) is 2.78.